The van der Waals surface area contributed by atoms with Crippen molar-refractivity contribution < 1.29 is 8.42 Å². The van der Waals surface area contributed by atoms with Crippen LogP contribution in [-0.2, 0) is 29.4 Å². The average molecular weight is 322 g/mol. The number of rotatable bonds is 8. The molecule has 7 heteroatoms. The molecule has 0 spiro atoms. The lowest BCUT2D eigenvalue weighted by Crippen LogP contribution is -2.26. The van der Waals surface area contributed by atoms with Gasteiger partial charge in [0.05, 0.1) is 4.90 Å². The standard InChI is InChI=1S/C15H22N4O2S/c1-3-5-13-6-8-14(9-7-13)22(20,21)17-11-10-15-18-16-12-19(15)4-2/h6-9,12,17H,3-5,10-11H2,1-2H3. The largest absolute Gasteiger partial charge is 0.318 e. The molecule has 0 aliphatic carbocycles. The van der Waals surface area contributed by atoms with Gasteiger partial charge in [0.1, 0.15) is 12.2 Å². The Labute approximate surface area is 131 Å². The van der Waals surface area contributed by atoms with Crippen molar-refractivity contribution in [2.75, 3.05) is 6.54 Å². The summed E-state index contributed by atoms with van der Waals surface area (Å²) in [5.41, 5.74) is 1.15. The van der Waals surface area contributed by atoms with E-state index in [2.05, 4.69) is 21.8 Å². The number of aromatic nitrogens is 3. The van der Waals surface area contributed by atoms with Crippen LogP contribution < -0.4 is 4.72 Å². The Hall–Kier alpha value is -1.73. The molecule has 1 aromatic carbocycles. The normalized spacial score (nSPS) is 11.7. The van der Waals surface area contributed by atoms with Crippen LogP contribution in [0.5, 0.6) is 0 Å². The van der Waals surface area contributed by atoms with Crippen LogP contribution in [0.2, 0.25) is 0 Å². The zero-order valence-corrected chi connectivity index (χ0v) is 13.8. The van der Waals surface area contributed by atoms with Crippen molar-refractivity contribution in [3.05, 3.63) is 42.0 Å². The second-order valence-corrected chi connectivity index (χ2v) is 6.84. The molecule has 6 nitrogen and oxygen atoms in total. The van der Waals surface area contributed by atoms with E-state index in [0.717, 1.165) is 30.8 Å². The number of hydrogen-bond donors (Lipinski definition) is 1. The Morgan fingerprint density at radius 3 is 2.50 bits per heavy atom. The van der Waals surface area contributed by atoms with E-state index in [-0.39, 0.29) is 0 Å². The van der Waals surface area contributed by atoms with Crippen LogP contribution in [0.25, 0.3) is 0 Å². The van der Waals surface area contributed by atoms with Gasteiger partial charge in [-0.2, -0.15) is 0 Å². The Morgan fingerprint density at radius 2 is 1.86 bits per heavy atom. The minimum absolute atomic E-state index is 0.296. The molecule has 0 atom stereocenters. The highest BCUT2D eigenvalue weighted by Crippen LogP contribution is 2.11. The fraction of sp³-hybridized carbons (Fsp3) is 0.467. The van der Waals surface area contributed by atoms with Crippen molar-refractivity contribution in [2.45, 2.75) is 44.6 Å². The summed E-state index contributed by atoms with van der Waals surface area (Å²) in [4.78, 5) is 0.296. The molecule has 0 saturated carbocycles. The highest BCUT2D eigenvalue weighted by Gasteiger charge is 2.13. The van der Waals surface area contributed by atoms with Crippen molar-refractivity contribution in [3.8, 4) is 0 Å². The Bertz CT molecular complexity index is 693. The Kier molecular flexibility index (Phi) is 5.68. The quantitative estimate of drug-likeness (QED) is 0.803. The predicted molar refractivity (Wildman–Crippen MR) is 85.0 cm³/mol. The van der Waals surface area contributed by atoms with Gasteiger partial charge in [0.15, 0.2) is 0 Å². The molecule has 2 rings (SSSR count). The highest BCUT2D eigenvalue weighted by atomic mass is 32.2. The molecule has 22 heavy (non-hydrogen) atoms. The first-order valence-electron chi connectivity index (χ1n) is 7.52. The Balaban J connectivity index is 1.96. The smallest absolute Gasteiger partial charge is 0.240 e. The van der Waals surface area contributed by atoms with Crippen LogP contribution in [0.15, 0.2) is 35.5 Å². The molecule has 0 unspecified atom stereocenters. The lowest BCUT2D eigenvalue weighted by molar-refractivity contribution is 0.579. The van der Waals surface area contributed by atoms with Gasteiger partial charge in [-0.15, -0.1) is 10.2 Å². The van der Waals surface area contributed by atoms with E-state index >= 15 is 0 Å². The van der Waals surface area contributed by atoms with Crippen LogP contribution in [0.3, 0.4) is 0 Å². The van der Waals surface area contributed by atoms with E-state index in [1.807, 2.05) is 23.6 Å². The van der Waals surface area contributed by atoms with E-state index < -0.39 is 10.0 Å². The van der Waals surface area contributed by atoms with Gasteiger partial charge in [-0.05, 0) is 31.0 Å². The molecular formula is C15H22N4O2S. The predicted octanol–water partition coefficient (Wildman–Crippen LogP) is 1.77. The molecule has 1 heterocycles. The van der Waals surface area contributed by atoms with Gasteiger partial charge in [-0.25, -0.2) is 13.1 Å². The summed E-state index contributed by atoms with van der Waals surface area (Å²) in [6.07, 6.45) is 4.17. The molecule has 0 aliphatic rings. The molecule has 0 aliphatic heterocycles. The highest BCUT2D eigenvalue weighted by molar-refractivity contribution is 7.89. The van der Waals surface area contributed by atoms with Crippen LogP contribution in [0.1, 0.15) is 31.7 Å². The minimum Gasteiger partial charge on any atom is -0.318 e. The van der Waals surface area contributed by atoms with Crippen molar-refractivity contribution >= 4 is 10.0 Å². The van der Waals surface area contributed by atoms with E-state index in [0.29, 0.717) is 17.9 Å². The fourth-order valence-corrected chi connectivity index (χ4v) is 3.27. The molecule has 1 aromatic heterocycles. The summed E-state index contributed by atoms with van der Waals surface area (Å²) < 4.78 is 29.0. The zero-order chi connectivity index (χ0) is 16.0. The summed E-state index contributed by atoms with van der Waals surface area (Å²) in [7, 11) is -3.47. The maximum Gasteiger partial charge on any atom is 0.240 e. The van der Waals surface area contributed by atoms with Crippen LogP contribution >= 0.6 is 0 Å². The van der Waals surface area contributed by atoms with Gasteiger partial charge < -0.3 is 4.57 Å². The molecule has 120 valence electrons. The summed E-state index contributed by atoms with van der Waals surface area (Å²) >= 11 is 0. The van der Waals surface area contributed by atoms with Gasteiger partial charge in [-0.3, -0.25) is 0 Å². The number of aryl methyl sites for hydroxylation is 2. The monoisotopic (exact) mass is 322 g/mol. The first kappa shape index (κ1) is 16.6. The second kappa shape index (κ2) is 7.51. The molecule has 0 bridgehead atoms. The topological polar surface area (TPSA) is 76.9 Å². The van der Waals surface area contributed by atoms with Gasteiger partial charge >= 0.3 is 0 Å². The van der Waals surface area contributed by atoms with Crippen LogP contribution in [-0.4, -0.2) is 29.7 Å². The third kappa shape index (κ3) is 4.14. The maximum absolute atomic E-state index is 12.2. The van der Waals surface area contributed by atoms with E-state index in [1.165, 1.54) is 0 Å². The van der Waals surface area contributed by atoms with E-state index in [1.54, 1.807) is 18.5 Å². The van der Waals surface area contributed by atoms with Crippen molar-refractivity contribution in [2.24, 2.45) is 0 Å². The second-order valence-electron chi connectivity index (χ2n) is 5.07. The summed E-state index contributed by atoms with van der Waals surface area (Å²) in [5.74, 6) is 0.781. The van der Waals surface area contributed by atoms with E-state index in [9.17, 15) is 8.42 Å². The van der Waals surface area contributed by atoms with Gasteiger partial charge in [0.2, 0.25) is 10.0 Å². The third-order valence-corrected chi connectivity index (χ3v) is 4.93. The zero-order valence-electron chi connectivity index (χ0n) is 13.0. The summed E-state index contributed by atoms with van der Waals surface area (Å²) in [6, 6.07) is 7.04. The van der Waals surface area contributed by atoms with Crippen molar-refractivity contribution in [3.63, 3.8) is 0 Å². The molecule has 2 aromatic rings. The lowest BCUT2D eigenvalue weighted by atomic mass is 10.1. The summed E-state index contributed by atoms with van der Waals surface area (Å²) in [5, 5.41) is 7.82. The molecule has 0 amide bonds. The van der Waals surface area contributed by atoms with Crippen LogP contribution in [0.4, 0.5) is 0 Å². The molecule has 0 radical (unpaired) electrons. The van der Waals surface area contributed by atoms with E-state index in [4.69, 9.17) is 0 Å². The van der Waals surface area contributed by atoms with Crippen molar-refractivity contribution in [1.82, 2.24) is 19.5 Å². The molecule has 0 fully saturated rings. The minimum atomic E-state index is -3.47. The number of sulfonamides is 1. The number of nitrogens with zero attached hydrogens (tertiary/aromatic N) is 3. The average Bonchev–Trinajstić information content (AvgIpc) is 2.95. The Morgan fingerprint density at radius 1 is 1.14 bits per heavy atom. The molecule has 0 saturated heterocycles. The van der Waals surface area contributed by atoms with Gasteiger partial charge in [0, 0.05) is 19.5 Å². The van der Waals surface area contributed by atoms with Crippen LogP contribution in [0, 0.1) is 0 Å². The molecule has 1 N–H and O–H groups in total. The molecular weight excluding hydrogens is 300 g/mol. The lowest BCUT2D eigenvalue weighted by Gasteiger charge is -2.08. The number of benzene rings is 1. The number of nitrogens with one attached hydrogen (secondary N) is 1. The fourth-order valence-electron chi connectivity index (χ4n) is 2.24. The number of hydrogen-bond acceptors (Lipinski definition) is 4. The van der Waals surface area contributed by atoms with Gasteiger partial charge in [-0.1, -0.05) is 25.5 Å². The summed E-state index contributed by atoms with van der Waals surface area (Å²) in [6.45, 7) is 5.17. The first-order valence-corrected chi connectivity index (χ1v) is 9.00. The first-order chi connectivity index (χ1) is 10.6. The maximum atomic E-state index is 12.2. The van der Waals surface area contributed by atoms with Gasteiger partial charge in [0.25, 0.3) is 0 Å². The van der Waals surface area contributed by atoms with Crippen molar-refractivity contribution in [1.29, 1.82) is 0 Å². The third-order valence-electron chi connectivity index (χ3n) is 3.45. The SMILES string of the molecule is CCCc1ccc(S(=O)(=O)NCCc2nncn2CC)cc1.